The molecule has 1 saturated carbocycles. The summed E-state index contributed by atoms with van der Waals surface area (Å²) < 4.78 is 37.1. The summed E-state index contributed by atoms with van der Waals surface area (Å²) in [7, 11) is 1.78. The molecule has 2 rings (SSSR count). The lowest BCUT2D eigenvalue weighted by Gasteiger charge is -2.32. The van der Waals surface area contributed by atoms with Gasteiger partial charge in [0.05, 0.1) is 6.54 Å². The molecule has 1 heterocycles. The number of nitrogens with zero attached hydrogens (tertiary/aromatic N) is 2. The lowest BCUT2D eigenvalue weighted by molar-refractivity contribution is -0.148. The minimum absolute atomic E-state index is 0.508. The SMILES string of the molecule is CCCC1CC1NC(=NC)NCCC1CCN(CC(F)(F)F)CC1. The standard InChI is InChI=1S/C17H31F3N4/c1-3-4-14-11-15(14)23-16(21-2)22-8-5-13-6-9-24(10-7-13)12-17(18,19)20/h13-15H,3-12H2,1-2H3,(H2,21,22,23). The van der Waals surface area contributed by atoms with Crippen molar-refractivity contribution < 1.29 is 13.2 Å². The van der Waals surface area contributed by atoms with Crippen LogP contribution in [0.3, 0.4) is 0 Å². The third-order valence-corrected chi connectivity index (χ3v) is 5.08. The molecule has 0 amide bonds. The summed E-state index contributed by atoms with van der Waals surface area (Å²) in [6, 6.07) is 0.557. The maximum absolute atomic E-state index is 12.4. The van der Waals surface area contributed by atoms with E-state index in [4.69, 9.17) is 0 Å². The molecule has 2 atom stereocenters. The van der Waals surface area contributed by atoms with Crippen LogP contribution in [0, 0.1) is 11.8 Å². The number of nitrogens with one attached hydrogen (secondary N) is 2. The fraction of sp³-hybridized carbons (Fsp3) is 0.941. The Morgan fingerprint density at radius 3 is 2.50 bits per heavy atom. The Hall–Kier alpha value is -0.980. The van der Waals surface area contributed by atoms with Crippen LogP contribution in [0.5, 0.6) is 0 Å². The second kappa shape index (κ2) is 8.92. The highest BCUT2D eigenvalue weighted by Gasteiger charge is 2.36. The van der Waals surface area contributed by atoms with Crippen molar-refractivity contribution in [2.24, 2.45) is 16.8 Å². The zero-order chi connectivity index (χ0) is 17.6. The predicted molar refractivity (Wildman–Crippen MR) is 91.1 cm³/mol. The Morgan fingerprint density at radius 2 is 1.92 bits per heavy atom. The maximum atomic E-state index is 12.4. The maximum Gasteiger partial charge on any atom is 0.401 e. The summed E-state index contributed by atoms with van der Waals surface area (Å²) in [5.41, 5.74) is 0. The molecule has 140 valence electrons. The summed E-state index contributed by atoms with van der Waals surface area (Å²) in [5, 5.41) is 6.80. The molecule has 4 nitrogen and oxygen atoms in total. The first-order chi connectivity index (χ1) is 11.4. The molecule has 7 heteroatoms. The molecule has 1 aliphatic heterocycles. The van der Waals surface area contributed by atoms with Gasteiger partial charge < -0.3 is 10.6 Å². The zero-order valence-electron chi connectivity index (χ0n) is 14.8. The predicted octanol–water partition coefficient (Wildman–Crippen LogP) is 3.00. The number of alkyl halides is 3. The quantitative estimate of drug-likeness (QED) is 0.549. The molecule has 2 fully saturated rings. The summed E-state index contributed by atoms with van der Waals surface area (Å²) in [6.07, 6.45) is 2.34. The molecular weight excluding hydrogens is 317 g/mol. The van der Waals surface area contributed by atoms with Crippen LogP contribution >= 0.6 is 0 Å². The molecule has 0 radical (unpaired) electrons. The minimum atomic E-state index is -4.08. The van der Waals surface area contributed by atoms with Crippen molar-refractivity contribution in [2.75, 3.05) is 33.2 Å². The first kappa shape index (κ1) is 19.3. The highest BCUT2D eigenvalue weighted by molar-refractivity contribution is 5.80. The Balaban J connectivity index is 1.57. The van der Waals surface area contributed by atoms with Crippen LogP contribution in [-0.2, 0) is 0 Å². The zero-order valence-corrected chi connectivity index (χ0v) is 14.8. The molecular formula is C17H31F3N4. The van der Waals surface area contributed by atoms with E-state index >= 15 is 0 Å². The van der Waals surface area contributed by atoms with Crippen LogP contribution in [0.15, 0.2) is 4.99 Å². The number of halogens is 3. The van der Waals surface area contributed by atoms with Crippen LogP contribution in [0.1, 0.15) is 45.4 Å². The third kappa shape index (κ3) is 6.87. The van der Waals surface area contributed by atoms with Crippen LogP contribution in [0.25, 0.3) is 0 Å². The van der Waals surface area contributed by atoms with E-state index in [1.165, 1.54) is 24.2 Å². The molecule has 0 spiro atoms. The van der Waals surface area contributed by atoms with Gasteiger partial charge in [-0.2, -0.15) is 13.2 Å². The van der Waals surface area contributed by atoms with Gasteiger partial charge in [-0.1, -0.05) is 13.3 Å². The van der Waals surface area contributed by atoms with E-state index in [-0.39, 0.29) is 0 Å². The first-order valence-corrected chi connectivity index (χ1v) is 9.17. The molecule has 1 saturated heterocycles. The average Bonchev–Trinajstić information content (AvgIpc) is 3.24. The molecule has 1 aliphatic carbocycles. The van der Waals surface area contributed by atoms with Gasteiger partial charge in [0, 0.05) is 19.6 Å². The van der Waals surface area contributed by atoms with Gasteiger partial charge in [-0.15, -0.1) is 0 Å². The van der Waals surface area contributed by atoms with Crippen LogP contribution in [-0.4, -0.2) is 56.3 Å². The van der Waals surface area contributed by atoms with Crippen molar-refractivity contribution >= 4 is 5.96 Å². The normalized spacial score (nSPS) is 26.5. The fourth-order valence-electron chi connectivity index (χ4n) is 3.57. The largest absolute Gasteiger partial charge is 0.401 e. The summed E-state index contributed by atoms with van der Waals surface area (Å²) in [5.74, 6) is 2.15. The number of rotatable bonds is 7. The van der Waals surface area contributed by atoms with Crippen molar-refractivity contribution in [3.8, 4) is 0 Å². The van der Waals surface area contributed by atoms with Crippen LogP contribution in [0.2, 0.25) is 0 Å². The second-order valence-electron chi connectivity index (χ2n) is 7.16. The summed E-state index contributed by atoms with van der Waals surface area (Å²) in [4.78, 5) is 5.78. The van der Waals surface area contributed by atoms with Gasteiger partial charge in [-0.05, 0) is 57.0 Å². The van der Waals surface area contributed by atoms with Gasteiger partial charge in [0.1, 0.15) is 0 Å². The molecule has 0 aromatic carbocycles. The van der Waals surface area contributed by atoms with E-state index in [0.717, 1.165) is 37.7 Å². The summed E-state index contributed by atoms with van der Waals surface area (Å²) in [6.45, 7) is 3.38. The molecule has 2 aliphatic rings. The van der Waals surface area contributed by atoms with Crippen LogP contribution in [0.4, 0.5) is 13.2 Å². The average molecular weight is 348 g/mol. The van der Waals surface area contributed by atoms with Gasteiger partial charge in [-0.3, -0.25) is 9.89 Å². The molecule has 0 bridgehead atoms. The Labute approximate surface area is 143 Å². The Bertz CT molecular complexity index is 403. The lowest BCUT2D eigenvalue weighted by Crippen LogP contribution is -2.42. The van der Waals surface area contributed by atoms with E-state index < -0.39 is 12.7 Å². The van der Waals surface area contributed by atoms with Crippen molar-refractivity contribution in [3.05, 3.63) is 0 Å². The number of aliphatic imine (C=N–C) groups is 1. The van der Waals surface area contributed by atoms with Crippen molar-refractivity contribution in [1.82, 2.24) is 15.5 Å². The van der Waals surface area contributed by atoms with Gasteiger partial charge in [-0.25, -0.2) is 0 Å². The van der Waals surface area contributed by atoms with Gasteiger partial charge in [0.2, 0.25) is 0 Å². The van der Waals surface area contributed by atoms with Gasteiger partial charge in [0.15, 0.2) is 5.96 Å². The van der Waals surface area contributed by atoms with E-state index in [2.05, 4.69) is 22.5 Å². The lowest BCUT2D eigenvalue weighted by atomic mass is 9.93. The molecule has 2 N–H and O–H groups in total. The highest BCUT2D eigenvalue weighted by atomic mass is 19.4. The number of hydrogen-bond donors (Lipinski definition) is 2. The molecule has 2 unspecified atom stereocenters. The van der Waals surface area contributed by atoms with E-state index in [1.807, 2.05) is 0 Å². The Morgan fingerprint density at radius 1 is 1.21 bits per heavy atom. The van der Waals surface area contributed by atoms with E-state index in [9.17, 15) is 13.2 Å². The van der Waals surface area contributed by atoms with Crippen LogP contribution < -0.4 is 10.6 Å². The number of hydrogen-bond acceptors (Lipinski definition) is 2. The Kier molecular flexibility index (Phi) is 7.19. The third-order valence-electron chi connectivity index (χ3n) is 5.08. The molecule has 0 aromatic heterocycles. The van der Waals surface area contributed by atoms with E-state index in [0.29, 0.717) is 25.0 Å². The fourth-order valence-corrected chi connectivity index (χ4v) is 3.57. The summed E-state index contributed by atoms with van der Waals surface area (Å²) >= 11 is 0. The smallest absolute Gasteiger partial charge is 0.356 e. The van der Waals surface area contributed by atoms with Crippen molar-refractivity contribution in [2.45, 2.75) is 57.7 Å². The first-order valence-electron chi connectivity index (χ1n) is 9.17. The van der Waals surface area contributed by atoms with Crippen molar-refractivity contribution in [1.29, 1.82) is 0 Å². The number of likely N-dealkylation sites (tertiary alicyclic amines) is 1. The number of guanidine groups is 1. The topological polar surface area (TPSA) is 39.7 Å². The number of piperidine rings is 1. The van der Waals surface area contributed by atoms with Gasteiger partial charge in [0.25, 0.3) is 0 Å². The van der Waals surface area contributed by atoms with Crippen molar-refractivity contribution in [3.63, 3.8) is 0 Å². The molecule has 0 aromatic rings. The van der Waals surface area contributed by atoms with E-state index in [1.54, 1.807) is 7.05 Å². The highest BCUT2D eigenvalue weighted by Crippen LogP contribution is 2.34. The second-order valence-corrected chi connectivity index (χ2v) is 7.16. The molecule has 24 heavy (non-hydrogen) atoms. The monoisotopic (exact) mass is 348 g/mol. The van der Waals surface area contributed by atoms with Gasteiger partial charge >= 0.3 is 6.18 Å². The minimum Gasteiger partial charge on any atom is -0.356 e.